The number of halogens is 1. The van der Waals surface area contributed by atoms with Gasteiger partial charge in [0, 0.05) is 26.1 Å². The molecule has 3 N–H and O–H groups in total. The Morgan fingerprint density at radius 2 is 2.03 bits per heavy atom. The minimum absolute atomic E-state index is 0.00807. The molecule has 0 radical (unpaired) electrons. The van der Waals surface area contributed by atoms with Crippen LogP contribution in [0.2, 0.25) is 0 Å². The van der Waals surface area contributed by atoms with Gasteiger partial charge in [-0.15, -0.1) is 0 Å². The summed E-state index contributed by atoms with van der Waals surface area (Å²) in [5.41, 5.74) is -0.120. The molecule has 2 aromatic rings. The molecule has 0 aliphatic carbocycles. The highest BCUT2D eigenvalue weighted by Crippen LogP contribution is 2.31. The summed E-state index contributed by atoms with van der Waals surface area (Å²) in [5, 5.41) is 12.2. The number of alkyl carbamates (subject to hydrolysis) is 1. The molecule has 1 aliphatic heterocycles. The van der Waals surface area contributed by atoms with Crippen LogP contribution in [-0.2, 0) is 14.3 Å². The zero-order valence-corrected chi connectivity index (χ0v) is 16.5. The summed E-state index contributed by atoms with van der Waals surface area (Å²) in [6.45, 7) is 5.77. The van der Waals surface area contributed by atoms with Crippen molar-refractivity contribution in [1.29, 1.82) is 0 Å². The second kappa shape index (κ2) is 8.06. The third-order valence-electron chi connectivity index (χ3n) is 4.36. The second-order valence-electron chi connectivity index (χ2n) is 7.83. The van der Waals surface area contributed by atoms with E-state index in [0.717, 1.165) is 0 Å². The van der Waals surface area contributed by atoms with Crippen LogP contribution in [0.4, 0.5) is 15.0 Å². The van der Waals surface area contributed by atoms with Crippen molar-refractivity contribution in [3.63, 3.8) is 0 Å². The van der Waals surface area contributed by atoms with Crippen molar-refractivity contribution in [2.24, 2.45) is 5.92 Å². The zero-order chi connectivity index (χ0) is 21.2. The number of anilines is 1. The standard InChI is InChI=1S/C19H24FN5O4/c1-19(2,3)29-18(28)22-8-7-21-17(27)11-9-14(26)25(10-11)16-15-12(20)5-4-6-13(15)23-24-16/h4-6,11H,7-10H2,1-3H3,(H,21,27)(H,22,28)(H,23,24)/t11-/m1/s1. The molecule has 29 heavy (non-hydrogen) atoms. The van der Waals surface area contributed by atoms with E-state index >= 15 is 0 Å². The van der Waals surface area contributed by atoms with Crippen molar-refractivity contribution < 1.29 is 23.5 Å². The summed E-state index contributed by atoms with van der Waals surface area (Å²) in [5.74, 6) is -1.49. The van der Waals surface area contributed by atoms with Gasteiger partial charge in [-0.25, -0.2) is 9.18 Å². The summed E-state index contributed by atoms with van der Waals surface area (Å²) >= 11 is 0. The number of H-pyrrole nitrogens is 1. The first kappa shape index (κ1) is 20.6. The maximum absolute atomic E-state index is 14.2. The molecule has 10 heteroatoms. The molecular formula is C19H24FN5O4. The number of ether oxygens (including phenoxy) is 1. The van der Waals surface area contributed by atoms with Gasteiger partial charge in [0.15, 0.2) is 5.82 Å². The van der Waals surface area contributed by atoms with Gasteiger partial charge in [-0.05, 0) is 32.9 Å². The second-order valence-corrected chi connectivity index (χ2v) is 7.83. The third-order valence-corrected chi connectivity index (χ3v) is 4.36. The molecule has 2 heterocycles. The Morgan fingerprint density at radius 1 is 1.31 bits per heavy atom. The molecule has 1 fully saturated rings. The third kappa shape index (κ3) is 4.82. The van der Waals surface area contributed by atoms with Crippen LogP contribution in [0, 0.1) is 11.7 Å². The average molecular weight is 405 g/mol. The van der Waals surface area contributed by atoms with Crippen LogP contribution in [0.15, 0.2) is 18.2 Å². The predicted molar refractivity (Wildman–Crippen MR) is 104 cm³/mol. The Labute approximate surface area is 167 Å². The SMILES string of the molecule is CC(C)(C)OC(=O)NCCNC(=O)[C@@H]1CC(=O)N(c2n[nH]c3cccc(F)c23)C1. The number of amides is 3. The molecule has 3 rings (SSSR count). The molecule has 0 saturated carbocycles. The molecule has 0 bridgehead atoms. The molecule has 0 unspecified atom stereocenters. The van der Waals surface area contributed by atoms with E-state index in [4.69, 9.17) is 4.74 Å². The van der Waals surface area contributed by atoms with Gasteiger partial charge >= 0.3 is 6.09 Å². The van der Waals surface area contributed by atoms with Crippen molar-refractivity contribution in [2.75, 3.05) is 24.5 Å². The first-order chi connectivity index (χ1) is 13.7. The first-order valence-electron chi connectivity index (χ1n) is 9.33. The quantitative estimate of drug-likeness (QED) is 0.655. The number of nitrogens with one attached hydrogen (secondary N) is 3. The Kier molecular flexibility index (Phi) is 5.71. The number of nitrogens with zero attached hydrogens (tertiary/aromatic N) is 2. The number of aromatic nitrogens is 2. The van der Waals surface area contributed by atoms with Gasteiger partial charge < -0.3 is 15.4 Å². The number of carbonyl (C=O) groups is 3. The van der Waals surface area contributed by atoms with Crippen LogP contribution >= 0.6 is 0 Å². The fourth-order valence-electron chi connectivity index (χ4n) is 3.11. The number of carbonyl (C=O) groups excluding carboxylic acids is 3. The van der Waals surface area contributed by atoms with Gasteiger partial charge in [0.2, 0.25) is 11.8 Å². The van der Waals surface area contributed by atoms with Gasteiger partial charge in [0.1, 0.15) is 11.4 Å². The van der Waals surface area contributed by atoms with E-state index in [9.17, 15) is 18.8 Å². The monoisotopic (exact) mass is 405 g/mol. The fraction of sp³-hybridized carbons (Fsp3) is 0.474. The normalized spacial score (nSPS) is 16.9. The topological polar surface area (TPSA) is 116 Å². The van der Waals surface area contributed by atoms with Crippen molar-refractivity contribution >= 4 is 34.6 Å². The van der Waals surface area contributed by atoms with Crippen LogP contribution < -0.4 is 15.5 Å². The smallest absolute Gasteiger partial charge is 0.407 e. The Bertz CT molecular complexity index is 936. The van der Waals surface area contributed by atoms with E-state index in [0.29, 0.717) is 5.52 Å². The van der Waals surface area contributed by atoms with Crippen LogP contribution in [0.25, 0.3) is 10.9 Å². The molecule has 9 nitrogen and oxygen atoms in total. The van der Waals surface area contributed by atoms with Crippen LogP contribution in [0.5, 0.6) is 0 Å². The molecule has 1 aromatic carbocycles. The maximum atomic E-state index is 14.2. The van der Waals surface area contributed by atoms with Crippen molar-refractivity contribution in [1.82, 2.24) is 20.8 Å². The van der Waals surface area contributed by atoms with E-state index in [2.05, 4.69) is 20.8 Å². The van der Waals surface area contributed by atoms with Crippen LogP contribution in [0.3, 0.4) is 0 Å². The van der Waals surface area contributed by atoms with Crippen molar-refractivity contribution in [3.8, 4) is 0 Å². The van der Waals surface area contributed by atoms with E-state index < -0.39 is 23.4 Å². The molecule has 1 saturated heterocycles. The average Bonchev–Trinajstić information content (AvgIpc) is 3.21. The Balaban J connectivity index is 1.53. The van der Waals surface area contributed by atoms with Gasteiger partial charge in [0.25, 0.3) is 0 Å². The maximum Gasteiger partial charge on any atom is 0.407 e. The molecule has 1 atom stereocenters. The largest absolute Gasteiger partial charge is 0.444 e. The lowest BCUT2D eigenvalue weighted by molar-refractivity contribution is -0.126. The molecule has 1 aliphatic rings. The van der Waals surface area contributed by atoms with E-state index in [-0.39, 0.29) is 49.1 Å². The summed E-state index contributed by atoms with van der Waals surface area (Å²) in [6.07, 6.45) is -0.560. The highest BCUT2D eigenvalue weighted by atomic mass is 19.1. The van der Waals surface area contributed by atoms with Gasteiger partial charge in [-0.2, -0.15) is 5.10 Å². The fourth-order valence-corrected chi connectivity index (χ4v) is 3.11. The molecule has 3 amide bonds. The van der Waals surface area contributed by atoms with E-state index in [1.54, 1.807) is 32.9 Å². The predicted octanol–water partition coefficient (Wildman–Crippen LogP) is 1.70. The van der Waals surface area contributed by atoms with Gasteiger partial charge in [0.05, 0.1) is 16.8 Å². The van der Waals surface area contributed by atoms with Crippen LogP contribution in [0.1, 0.15) is 27.2 Å². The zero-order valence-electron chi connectivity index (χ0n) is 16.5. The van der Waals surface area contributed by atoms with Crippen LogP contribution in [-0.4, -0.2) is 53.3 Å². The summed E-state index contributed by atoms with van der Waals surface area (Å²) in [4.78, 5) is 37.7. The first-order valence-corrected chi connectivity index (χ1v) is 9.33. The minimum atomic E-state index is -0.600. The number of benzene rings is 1. The number of rotatable bonds is 5. The van der Waals surface area contributed by atoms with E-state index in [1.165, 1.54) is 11.0 Å². The summed E-state index contributed by atoms with van der Waals surface area (Å²) < 4.78 is 19.3. The van der Waals surface area contributed by atoms with E-state index in [1.807, 2.05) is 0 Å². The number of hydrogen-bond donors (Lipinski definition) is 3. The highest BCUT2D eigenvalue weighted by molar-refractivity contribution is 6.05. The van der Waals surface area contributed by atoms with Gasteiger partial charge in [-0.1, -0.05) is 6.07 Å². The highest BCUT2D eigenvalue weighted by Gasteiger charge is 2.37. The molecular weight excluding hydrogens is 381 g/mol. The minimum Gasteiger partial charge on any atom is -0.444 e. The lowest BCUT2D eigenvalue weighted by Crippen LogP contribution is -2.40. The molecule has 0 spiro atoms. The Morgan fingerprint density at radius 3 is 2.76 bits per heavy atom. The number of hydrogen-bond acceptors (Lipinski definition) is 5. The summed E-state index contributed by atoms with van der Waals surface area (Å²) in [6, 6.07) is 4.51. The van der Waals surface area contributed by atoms with Crippen molar-refractivity contribution in [3.05, 3.63) is 24.0 Å². The number of aromatic amines is 1. The molecule has 1 aromatic heterocycles. The molecule has 156 valence electrons. The lowest BCUT2D eigenvalue weighted by atomic mass is 10.1. The summed E-state index contributed by atoms with van der Waals surface area (Å²) in [7, 11) is 0. The Hall–Kier alpha value is -3.17. The van der Waals surface area contributed by atoms with Gasteiger partial charge in [-0.3, -0.25) is 19.6 Å². The lowest BCUT2D eigenvalue weighted by Gasteiger charge is -2.19. The number of fused-ring (bicyclic) bond motifs is 1. The van der Waals surface area contributed by atoms with Crippen molar-refractivity contribution in [2.45, 2.75) is 32.8 Å².